The van der Waals surface area contributed by atoms with Crippen LogP contribution in [0.1, 0.15) is 39.9 Å². The number of fused-ring (bicyclic) bond motifs is 1. The number of hydrogen-bond acceptors (Lipinski definition) is 2. The zero-order chi connectivity index (χ0) is 16.4. The Morgan fingerprint density at radius 3 is 2.36 bits per heavy atom. The molecule has 0 aliphatic heterocycles. The van der Waals surface area contributed by atoms with Crippen LogP contribution in [0.5, 0.6) is 0 Å². The highest BCUT2D eigenvalue weighted by atomic mass is 35.5. The van der Waals surface area contributed by atoms with Crippen LogP contribution in [0.3, 0.4) is 0 Å². The van der Waals surface area contributed by atoms with E-state index in [1.807, 2.05) is 32.6 Å². The number of carbonyl (C=O) groups is 1. The van der Waals surface area contributed by atoms with Crippen molar-refractivity contribution in [2.24, 2.45) is 0 Å². The number of halogens is 2. The highest BCUT2D eigenvalue weighted by Crippen LogP contribution is 2.26. The van der Waals surface area contributed by atoms with Gasteiger partial charge in [-0.05, 0) is 39.8 Å². The van der Waals surface area contributed by atoms with Gasteiger partial charge in [-0.15, -0.1) is 0 Å². The van der Waals surface area contributed by atoms with E-state index in [2.05, 4.69) is 9.97 Å². The Labute approximate surface area is 140 Å². The second kappa shape index (κ2) is 6.88. The number of aromatic nitrogens is 2. The minimum atomic E-state index is 0.140. The summed E-state index contributed by atoms with van der Waals surface area (Å²) in [6, 6.07) is 3.88. The SMILES string of the molecule is CC(C)N(C(=O)CCc1nc2cc(Cl)c(Cl)cc2[nH]1)C(C)C. The van der Waals surface area contributed by atoms with E-state index in [9.17, 15) is 4.79 Å². The second-order valence-corrected chi connectivity index (χ2v) is 6.77. The predicted octanol–water partition coefficient (Wildman–Crippen LogP) is 4.45. The molecule has 0 radical (unpaired) electrons. The Balaban J connectivity index is 2.10. The largest absolute Gasteiger partial charge is 0.342 e. The lowest BCUT2D eigenvalue weighted by Crippen LogP contribution is -2.42. The van der Waals surface area contributed by atoms with Crippen molar-refractivity contribution in [3.05, 3.63) is 28.0 Å². The molecule has 0 aliphatic carbocycles. The maximum absolute atomic E-state index is 12.4. The van der Waals surface area contributed by atoms with Gasteiger partial charge in [0.15, 0.2) is 0 Å². The minimum Gasteiger partial charge on any atom is -0.342 e. The van der Waals surface area contributed by atoms with Crippen LogP contribution in [-0.4, -0.2) is 32.9 Å². The molecule has 0 unspecified atom stereocenters. The van der Waals surface area contributed by atoms with Gasteiger partial charge in [0.25, 0.3) is 0 Å². The van der Waals surface area contributed by atoms with Crippen molar-refractivity contribution in [3.8, 4) is 0 Å². The van der Waals surface area contributed by atoms with Crippen LogP contribution < -0.4 is 0 Å². The molecule has 2 aromatic rings. The Hall–Kier alpha value is -1.26. The van der Waals surface area contributed by atoms with E-state index in [0.29, 0.717) is 22.9 Å². The fourth-order valence-electron chi connectivity index (χ4n) is 2.70. The van der Waals surface area contributed by atoms with E-state index in [-0.39, 0.29) is 18.0 Å². The number of rotatable bonds is 5. The Morgan fingerprint density at radius 2 is 1.77 bits per heavy atom. The van der Waals surface area contributed by atoms with Gasteiger partial charge in [0.1, 0.15) is 5.82 Å². The molecule has 0 saturated heterocycles. The van der Waals surface area contributed by atoms with Crippen molar-refractivity contribution in [2.45, 2.75) is 52.6 Å². The smallest absolute Gasteiger partial charge is 0.223 e. The van der Waals surface area contributed by atoms with Crippen molar-refractivity contribution < 1.29 is 4.79 Å². The highest BCUT2D eigenvalue weighted by molar-refractivity contribution is 6.42. The average Bonchev–Trinajstić information content (AvgIpc) is 2.78. The molecule has 6 heteroatoms. The van der Waals surface area contributed by atoms with Gasteiger partial charge in [-0.3, -0.25) is 4.79 Å². The lowest BCUT2D eigenvalue weighted by atomic mass is 10.2. The van der Waals surface area contributed by atoms with Crippen molar-refractivity contribution >= 4 is 40.1 Å². The summed E-state index contributed by atoms with van der Waals surface area (Å²) >= 11 is 12.0. The van der Waals surface area contributed by atoms with E-state index in [4.69, 9.17) is 23.2 Å². The maximum Gasteiger partial charge on any atom is 0.223 e. The van der Waals surface area contributed by atoms with Crippen LogP contribution in [0.15, 0.2) is 12.1 Å². The van der Waals surface area contributed by atoms with E-state index >= 15 is 0 Å². The normalized spacial score (nSPS) is 11.6. The van der Waals surface area contributed by atoms with Crippen molar-refractivity contribution in [2.75, 3.05) is 0 Å². The number of nitrogens with zero attached hydrogens (tertiary/aromatic N) is 2. The number of aryl methyl sites for hydroxylation is 1. The molecule has 1 amide bonds. The fraction of sp³-hybridized carbons (Fsp3) is 0.500. The lowest BCUT2D eigenvalue weighted by Gasteiger charge is -2.30. The third-order valence-corrected chi connectivity index (χ3v) is 4.27. The predicted molar refractivity (Wildman–Crippen MR) is 91.6 cm³/mol. The summed E-state index contributed by atoms with van der Waals surface area (Å²) in [6.45, 7) is 8.12. The van der Waals surface area contributed by atoms with Crippen molar-refractivity contribution in [1.82, 2.24) is 14.9 Å². The molecule has 1 aromatic carbocycles. The Morgan fingerprint density at radius 1 is 1.18 bits per heavy atom. The second-order valence-electron chi connectivity index (χ2n) is 5.96. The number of H-pyrrole nitrogens is 1. The quantitative estimate of drug-likeness (QED) is 0.873. The van der Waals surface area contributed by atoms with Gasteiger partial charge in [0.05, 0.1) is 21.1 Å². The van der Waals surface area contributed by atoms with Gasteiger partial charge in [-0.1, -0.05) is 23.2 Å². The molecule has 1 aromatic heterocycles. The monoisotopic (exact) mass is 341 g/mol. The summed E-state index contributed by atoms with van der Waals surface area (Å²) in [4.78, 5) is 21.9. The number of imidazole rings is 1. The summed E-state index contributed by atoms with van der Waals surface area (Å²) < 4.78 is 0. The standard InChI is InChI=1S/C16H21Cl2N3O/c1-9(2)21(10(3)4)16(22)6-5-15-19-13-7-11(17)12(18)8-14(13)20-15/h7-10H,5-6H2,1-4H3,(H,19,20). The van der Waals surface area contributed by atoms with Gasteiger partial charge >= 0.3 is 0 Å². The number of benzene rings is 1. The number of aromatic amines is 1. The highest BCUT2D eigenvalue weighted by Gasteiger charge is 2.20. The van der Waals surface area contributed by atoms with Gasteiger partial charge in [-0.25, -0.2) is 4.98 Å². The molecule has 22 heavy (non-hydrogen) atoms. The summed E-state index contributed by atoms with van der Waals surface area (Å²) in [5.41, 5.74) is 1.60. The molecule has 0 atom stereocenters. The van der Waals surface area contributed by atoms with E-state index in [1.54, 1.807) is 12.1 Å². The first kappa shape index (κ1) is 17.1. The van der Waals surface area contributed by atoms with Crippen LogP contribution in [0, 0.1) is 0 Å². The van der Waals surface area contributed by atoms with Crippen LogP contribution in [0.2, 0.25) is 10.0 Å². The molecule has 2 rings (SSSR count). The Kier molecular flexibility index (Phi) is 5.35. The summed E-state index contributed by atoms with van der Waals surface area (Å²) in [5.74, 6) is 0.913. The van der Waals surface area contributed by atoms with E-state index in [1.165, 1.54) is 0 Å². The summed E-state index contributed by atoms with van der Waals surface area (Å²) in [5, 5.41) is 0.973. The van der Waals surface area contributed by atoms with Crippen LogP contribution in [0.25, 0.3) is 11.0 Å². The first-order valence-electron chi connectivity index (χ1n) is 7.44. The maximum atomic E-state index is 12.4. The van der Waals surface area contributed by atoms with E-state index in [0.717, 1.165) is 16.9 Å². The van der Waals surface area contributed by atoms with Gasteiger partial charge in [0.2, 0.25) is 5.91 Å². The van der Waals surface area contributed by atoms with Crippen LogP contribution in [-0.2, 0) is 11.2 Å². The van der Waals surface area contributed by atoms with Gasteiger partial charge < -0.3 is 9.88 Å². The van der Waals surface area contributed by atoms with Crippen LogP contribution in [0.4, 0.5) is 0 Å². The lowest BCUT2D eigenvalue weighted by molar-refractivity contribution is -0.134. The summed E-state index contributed by atoms with van der Waals surface area (Å²) in [6.07, 6.45) is 0.996. The molecule has 1 N–H and O–H groups in total. The molecule has 4 nitrogen and oxygen atoms in total. The fourth-order valence-corrected chi connectivity index (χ4v) is 3.02. The molecule has 1 heterocycles. The number of amides is 1. The number of carbonyl (C=O) groups excluding carboxylic acids is 1. The molecular formula is C16H21Cl2N3O. The topological polar surface area (TPSA) is 49.0 Å². The molecule has 0 fully saturated rings. The molecule has 0 saturated carbocycles. The number of nitrogens with one attached hydrogen (secondary N) is 1. The minimum absolute atomic E-state index is 0.140. The molecule has 0 aliphatic rings. The molecular weight excluding hydrogens is 321 g/mol. The molecule has 120 valence electrons. The first-order chi connectivity index (χ1) is 10.3. The zero-order valence-electron chi connectivity index (χ0n) is 13.3. The van der Waals surface area contributed by atoms with Crippen molar-refractivity contribution in [1.29, 1.82) is 0 Å². The third-order valence-electron chi connectivity index (χ3n) is 3.55. The van der Waals surface area contributed by atoms with Crippen molar-refractivity contribution in [3.63, 3.8) is 0 Å². The summed E-state index contributed by atoms with van der Waals surface area (Å²) in [7, 11) is 0. The first-order valence-corrected chi connectivity index (χ1v) is 8.20. The van der Waals surface area contributed by atoms with Gasteiger partial charge in [0, 0.05) is 24.9 Å². The zero-order valence-corrected chi connectivity index (χ0v) is 14.8. The molecule has 0 bridgehead atoms. The average molecular weight is 342 g/mol. The van der Waals surface area contributed by atoms with Gasteiger partial charge in [-0.2, -0.15) is 0 Å². The molecule has 0 spiro atoms. The Bertz CT molecular complexity index is 632. The van der Waals surface area contributed by atoms with E-state index < -0.39 is 0 Å². The van der Waals surface area contributed by atoms with Crippen LogP contribution >= 0.6 is 23.2 Å². The third kappa shape index (κ3) is 3.73. The number of hydrogen-bond donors (Lipinski definition) is 1.